The number of aromatic nitrogens is 1. The van der Waals surface area contributed by atoms with Gasteiger partial charge >= 0.3 is 13.5 Å². The molecule has 2 amide bonds. The summed E-state index contributed by atoms with van der Waals surface area (Å²) in [5, 5.41) is 20.8. The highest BCUT2D eigenvalue weighted by molar-refractivity contribution is 6.60. The van der Waals surface area contributed by atoms with Gasteiger partial charge in [-0.05, 0) is 18.2 Å². The quantitative estimate of drug-likeness (QED) is 0.510. The normalized spacial score (nSPS) is 14.5. The summed E-state index contributed by atoms with van der Waals surface area (Å²) in [6, 6.07) is 4.73. The first-order chi connectivity index (χ1) is 16.7. The lowest BCUT2D eigenvalue weighted by Gasteiger charge is -2.38. The second kappa shape index (κ2) is 10.5. The number of hydrogen-bond donors (Lipinski definition) is 3. The molecule has 1 aliphatic rings. The average molecular weight is 529 g/mol. The van der Waals surface area contributed by atoms with E-state index in [0.717, 1.165) is 12.1 Å². The number of rotatable bonds is 5. The van der Waals surface area contributed by atoms with Gasteiger partial charge in [0.25, 0.3) is 5.91 Å². The van der Waals surface area contributed by atoms with Crippen molar-refractivity contribution in [2.45, 2.75) is 27.1 Å². The van der Waals surface area contributed by atoms with Crippen LogP contribution in [-0.2, 0) is 4.79 Å². The molecule has 0 bridgehead atoms. The van der Waals surface area contributed by atoms with Crippen molar-refractivity contribution in [2.75, 3.05) is 36.4 Å². The maximum absolute atomic E-state index is 12.7. The van der Waals surface area contributed by atoms with E-state index in [0.29, 0.717) is 32.0 Å². The van der Waals surface area contributed by atoms with Crippen LogP contribution in [0.2, 0.25) is 5.02 Å². The highest BCUT2D eigenvalue weighted by Gasteiger charge is 2.34. The second-order valence-corrected chi connectivity index (χ2v) is 9.59. The fraction of sp³-hybridized carbons (Fsp3) is 0.409. The number of alkyl halides is 3. The molecule has 14 heteroatoms. The summed E-state index contributed by atoms with van der Waals surface area (Å²) in [4.78, 5) is 33.2. The molecule has 0 radical (unpaired) electrons. The first kappa shape index (κ1) is 27.6. The summed E-state index contributed by atoms with van der Waals surface area (Å²) in [5.74, 6) is -0.942. The number of nitrogens with zero attached hydrogens (tertiary/aromatic N) is 3. The summed E-state index contributed by atoms with van der Waals surface area (Å²) in [6.45, 7) is 7.83. The summed E-state index contributed by atoms with van der Waals surface area (Å²) < 4.78 is 42.0. The molecule has 0 aliphatic carbocycles. The molecule has 1 fully saturated rings. The highest BCUT2D eigenvalue weighted by atomic mass is 35.5. The molecule has 3 N–H and O–H groups in total. The molecule has 0 spiro atoms. The third-order valence-corrected chi connectivity index (χ3v) is 5.71. The SMILES string of the molecule is CC(C)(C)C(=O)N1CCN(c2ccc(C(=O)Nc3cc(OC(F)(F)F)c(B(O)O)cc3Cl)cn2)CC1. The molecule has 9 nitrogen and oxygen atoms in total. The molecule has 36 heavy (non-hydrogen) atoms. The first-order valence-corrected chi connectivity index (χ1v) is 11.3. The van der Waals surface area contributed by atoms with Gasteiger partial charge in [-0.15, -0.1) is 13.2 Å². The Balaban J connectivity index is 1.69. The van der Waals surface area contributed by atoms with Gasteiger partial charge in [-0.2, -0.15) is 0 Å². The number of amides is 2. The van der Waals surface area contributed by atoms with Crippen LogP contribution in [-0.4, -0.2) is 71.4 Å². The molecule has 0 atom stereocenters. The Morgan fingerprint density at radius 2 is 1.75 bits per heavy atom. The number of piperazine rings is 1. The zero-order valence-corrected chi connectivity index (χ0v) is 20.5. The molecule has 194 valence electrons. The number of benzene rings is 1. The topological polar surface area (TPSA) is 115 Å². The summed E-state index contributed by atoms with van der Waals surface area (Å²) in [6.07, 6.45) is -3.80. The molecule has 3 rings (SSSR count). The van der Waals surface area contributed by atoms with Crippen LogP contribution in [0.4, 0.5) is 24.7 Å². The molecule has 1 aliphatic heterocycles. The van der Waals surface area contributed by atoms with Gasteiger partial charge in [0.05, 0.1) is 16.3 Å². The minimum Gasteiger partial charge on any atom is -0.423 e. The Labute approximate surface area is 211 Å². The monoisotopic (exact) mass is 528 g/mol. The molecular weight excluding hydrogens is 504 g/mol. The molecule has 0 unspecified atom stereocenters. The zero-order valence-electron chi connectivity index (χ0n) is 19.8. The molecular formula is C22H25BClF3N4O5. The highest BCUT2D eigenvalue weighted by Crippen LogP contribution is 2.30. The maximum atomic E-state index is 12.7. The van der Waals surface area contributed by atoms with E-state index in [1.807, 2.05) is 25.7 Å². The van der Waals surface area contributed by atoms with Crippen LogP contribution >= 0.6 is 11.6 Å². The third kappa shape index (κ3) is 6.80. The smallest absolute Gasteiger partial charge is 0.423 e. The average Bonchev–Trinajstić information content (AvgIpc) is 2.79. The lowest BCUT2D eigenvalue weighted by Crippen LogP contribution is -2.51. The lowest BCUT2D eigenvalue weighted by atomic mass is 9.79. The van der Waals surface area contributed by atoms with Crippen LogP contribution in [0.1, 0.15) is 31.1 Å². The van der Waals surface area contributed by atoms with Gasteiger partial charge in [0.15, 0.2) is 0 Å². The van der Waals surface area contributed by atoms with Crippen molar-refractivity contribution in [3.63, 3.8) is 0 Å². The van der Waals surface area contributed by atoms with Gasteiger partial charge in [-0.1, -0.05) is 32.4 Å². The van der Waals surface area contributed by atoms with Crippen molar-refractivity contribution in [1.29, 1.82) is 0 Å². The standard InChI is InChI=1S/C22H25BClF3N4O5/c1-21(2,3)20(33)31-8-6-30(7-9-31)18-5-4-13(12-28-18)19(32)29-16-11-17(36-22(25,26)27)14(23(34)35)10-15(16)24/h4-5,10-12,34-35H,6-9H2,1-3H3,(H,29,32). The van der Waals surface area contributed by atoms with Crippen LogP contribution in [0, 0.1) is 5.41 Å². The molecule has 0 saturated carbocycles. The van der Waals surface area contributed by atoms with Crippen LogP contribution in [0.15, 0.2) is 30.5 Å². The van der Waals surface area contributed by atoms with E-state index >= 15 is 0 Å². The van der Waals surface area contributed by atoms with Crippen molar-refractivity contribution in [1.82, 2.24) is 9.88 Å². The number of carbonyl (C=O) groups is 2. The number of carbonyl (C=O) groups excluding carboxylic acids is 2. The fourth-order valence-electron chi connectivity index (χ4n) is 3.59. The van der Waals surface area contributed by atoms with E-state index < -0.39 is 36.0 Å². The maximum Gasteiger partial charge on any atom is 0.573 e. The van der Waals surface area contributed by atoms with E-state index in [-0.39, 0.29) is 22.2 Å². The van der Waals surface area contributed by atoms with Crippen LogP contribution in [0.5, 0.6) is 5.75 Å². The Morgan fingerprint density at radius 3 is 2.25 bits per heavy atom. The lowest BCUT2D eigenvalue weighted by molar-refractivity contribution is -0.274. The van der Waals surface area contributed by atoms with Gasteiger partial charge < -0.3 is 29.9 Å². The second-order valence-electron chi connectivity index (χ2n) is 9.18. The van der Waals surface area contributed by atoms with E-state index in [2.05, 4.69) is 15.0 Å². The Hall–Kier alpha value is -3.03. The summed E-state index contributed by atoms with van der Waals surface area (Å²) in [5.41, 5.74) is -1.20. The summed E-state index contributed by atoms with van der Waals surface area (Å²) >= 11 is 6.01. The van der Waals surface area contributed by atoms with E-state index in [1.54, 1.807) is 11.0 Å². The van der Waals surface area contributed by atoms with Crippen molar-refractivity contribution >= 4 is 47.5 Å². The van der Waals surface area contributed by atoms with E-state index in [9.17, 15) is 32.8 Å². The van der Waals surface area contributed by atoms with Gasteiger partial charge in [-0.3, -0.25) is 9.59 Å². The van der Waals surface area contributed by atoms with Gasteiger partial charge in [0.1, 0.15) is 11.6 Å². The fourth-order valence-corrected chi connectivity index (χ4v) is 3.81. The van der Waals surface area contributed by atoms with Gasteiger partial charge in [-0.25, -0.2) is 4.98 Å². The Morgan fingerprint density at radius 1 is 1.11 bits per heavy atom. The van der Waals surface area contributed by atoms with Crippen molar-refractivity contribution in [2.24, 2.45) is 5.41 Å². The van der Waals surface area contributed by atoms with Gasteiger partial charge in [0.2, 0.25) is 5.91 Å². The molecule has 2 heterocycles. The predicted octanol–water partition coefficient (Wildman–Crippen LogP) is 2.26. The van der Waals surface area contributed by atoms with E-state index in [1.165, 1.54) is 12.3 Å². The number of pyridine rings is 1. The molecule has 2 aromatic rings. The number of hydrogen-bond acceptors (Lipinski definition) is 7. The number of anilines is 2. The molecule has 1 aromatic heterocycles. The number of ether oxygens (including phenoxy) is 1. The minimum atomic E-state index is -5.11. The molecule has 1 aromatic carbocycles. The van der Waals surface area contributed by atoms with Crippen LogP contribution < -0.4 is 20.4 Å². The van der Waals surface area contributed by atoms with Crippen molar-refractivity contribution in [3.05, 3.63) is 41.0 Å². The third-order valence-electron chi connectivity index (χ3n) is 5.39. The number of halogens is 4. The Bertz CT molecular complexity index is 1120. The van der Waals surface area contributed by atoms with Crippen molar-refractivity contribution < 1.29 is 37.5 Å². The van der Waals surface area contributed by atoms with E-state index in [4.69, 9.17) is 11.6 Å². The summed E-state index contributed by atoms with van der Waals surface area (Å²) in [7, 11) is -2.28. The predicted molar refractivity (Wildman–Crippen MR) is 128 cm³/mol. The van der Waals surface area contributed by atoms with Crippen LogP contribution in [0.3, 0.4) is 0 Å². The largest absolute Gasteiger partial charge is 0.573 e. The van der Waals surface area contributed by atoms with Crippen LogP contribution in [0.25, 0.3) is 0 Å². The Kier molecular flexibility index (Phi) is 8.06. The minimum absolute atomic E-state index is 0.0751. The van der Waals surface area contributed by atoms with Gasteiger partial charge in [0, 0.05) is 49.3 Å². The molecule has 1 saturated heterocycles. The zero-order chi connectivity index (χ0) is 26.8. The number of nitrogens with one attached hydrogen (secondary N) is 1. The first-order valence-electron chi connectivity index (χ1n) is 10.9. The van der Waals surface area contributed by atoms with Crippen molar-refractivity contribution in [3.8, 4) is 5.75 Å².